The van der Waals surface area contributed by atoms with E-state index in [0.717, 1.165) is 24.2 Å². The molecule has 1 fully saturated rings. The number of amides is 2. The molecule has 140 valence electrons. The number of carbonyl (C=O) groups is 2. The lowest BCUT2D eigenvalue weighted by atomic mass is 10.1. The van der Waals surface area contributed by atoms with Crippen LogP contribution in [-0.4, -0.2) is 34.0 Å². The SMILES string of the molecule is C/C(=N/NC(=O)Cc1cc(=O)[nH]c(=S)[nH]1)c1ccc(N2CCCC2=O)cc1. The summed E-state index contributed by atoms with van der Waals surface area (Å²) in [5.74, 6) is -0.232. The first-order chi connectivity index (χ1) is 12.9. The second-order valence-corrected chi connectivity index (χ2v) is 6.63. The van der Waals surface area contributed by atoms with Crippen molar-refractivity contribution >= 4 is 35.4 Å². The molecule has 0 atom stereocenters. The minimum Gasteiger partial charge on any atom is -0.335 e. The van der Waals surface area contributed by atoms with Crippen LogP contribution in [0.1, 0.15) is 31.0 Å². The average Bonchev–Trinajstić information content (AvgIpc) is 3.05. The Bertz CT molecular complexity index is 978. The van der Waals surface area contributed by atoms with Crippen LogP contribution in [0.3, 0.4) is 0 Å². The van der Waals surface area contributed by atoms with Gasteiger partial charge in [-0.15, -0.1) is 0 Å². The number of anilines is 1. The minimum absolute atomic E-state index is 0.0413. The third-order valence-corrected chi connectivity index (χ3v) is 4.39. The van der Waals surface area contributed by atoms with Gasteiger partial charge in [-0.1, -0.05) is 12.1 Å². The molecule has 1 aliphatic rings. The Balaban J connectivity index is 1.63. The fourth-order valence-corrected chi connectivity index (χ4v) is 3.07. The highest BCUT2D eigenvalue weighted by Gasteiger charge is 2.21. The van der Waals surface area contributed by atoms with Crippen LogP contribution in [0.15, 0.2) is 40.2 Å². The monoisotopic (exact) mass is 385 g/mol. The van der Waals surface area contributed by atoms with E-state index in [9.17, 15) is 14.4 Å². The minimum atomic E-state index is -0.370. The van der Waals surface area contributed by atoms with E-state index in [2.05, 4.69) is 20.5 Å². The fourth-order valence-electron chi connectivity index (χ4n) is 2.84. The van der Waals surface area contributed by atoms with E-state index in [1.165, 1.54) is 6.07 Å². The van der Waals surface area contributed by atoms with E-state index in [1.807, 2.05) is 24.3 Å². The van der Waals surface area contributed by atoms with Gasteiger partial charge in [-0.3, -0.25) is 19.4 Å². The maximum Gasteiger partial charge on any atom is 0.251 e. The van der Waals surface area contributed by atoms with Gasteiger partial charge in [-0.05, 0) is 43.3 Å². The Morgan fingerprint density at radius 2 is 2.00 bits per heavy atom. The van der Waals surface area contributed by atoms with E-state index < -0.39 is 0 Å². The molecule has 1 aromatic carbocycles. The van der Waals surface area contributed by atoms with Gasteiger partial charge in [0.15, 0.2) is 4.77 Å². The molecule has 0 saturated carbocycles. The molecule has 2 aromatic rings. The van der Waals surface area contributed by atoms with Crippen LogP contribution in [0.2, 0.25) is 0 Å². The third-order valence-electron chi connectivity index (χ3n) is 4.19. The first-order valence-electron chi connectivity index (χ1n) is 8.49. The molecule has 27 heavy (non-hydrogen) atoms. The van der Waals surface area contributed by atoms with Gasteiger partial charge in [0.05, 0.1) is 12.1 Å². The summed E-state index contributed by atoms with van der Waals surface area (Å²) in [6.07, 6.45) is 1.43. The molecule has 3 N–H and O–H groups in total. The van der Waals surface area contributed by atoms with E-state index in [-0.39, 0.29) is 28.6 Å². The molecule has 2 amide bonds. The molecule has 0 unspecified atom stereocenters. The molecule has 0 radical (unpaired) electrons. The van der Waals surface area contributed by atoms with Gasteiger partial charge in [-0.25, -0.2) is 5.43 Å². The van der Waals surface area contributed by atoms with Crippen LogP contribution in [0.25, 0.3) is 0 Å². The normalized spacial score (nSPS) is 14.5. The zero-order chi connectivity index (χ0) is 19.4. The first kappa shape index (κ1) is 18.7. The smallest absolute Gasteiger partial charge is 0.251 e. The number of H-pyrrole nitrogens is 2. The van der Waals surface area contributed by atoms with Crippen molar-refractivity contribution < 1.29 is 9.59 Å². The lowest BCUT2D eigenvalue weighted by Gasteiger charge is -2.15. The Kier molecular flexibility index (Phi) is 5.60. The van der Waals surface area contributed by atoms with Crippen molar-refractivity contribution in [3.05, 3.63) is 56.7 Å². The number of carbonyl (C=O) groups excluding carboxylic acids is 2. The molecule has 1 aliphatic heterocycles. The third kappa shape index (κ3) is 4.76. The average molecular weight is 385 g/mol. The predicted octanol–water partition coefficient (Wildman–Crippen LogP) is 1.64. The molecule has 1 saturated heterocycles. The summed E-state index contributed by atoms with van der Waals surface area (Å²) >= 11 is 4.87. The number of hydrogen-bond acceptors (Lipinski definition) is 5. The van der Waals surface area contributed by atoms with Gasteiger partial charge in [0, 0.05) is 30.4 Å². The number of benzene rings is 1. The Labute approximate surface area is 160 Å². The quantitative estimate of drug-likeness (QED) is 0.413. The van der Waals surface area contributed by atoms with Gasteiger partial charge in [0.2, 0.25) is 11.8 Å². The maximum absolute atomic E-state index is 12.0. The van der Waals surface area contributed by atoms with Crippen molar-refractivity contribution in [1.29, 1.82) is 0 Å². The standard InChI is InChI=1S/C18H19N5O3S/c1-11(12-4-6-14(7-5-12)23-8-2-3-17(23)26)21-22-16(25)10-13-9-15(24)20-18(27)19-13/h4-7,9H,2-3,8,10H2,1H3,(H,22,25)(H2,19,20,24,27)/b21-11-. The van der Waals surface area contributed by atoms with Crippen LogP contribution in [-0.2, 0) is 16.0 Å². The number of rotatable bonds is 5. The van der Waals surface area contributed by atoms with Gasteiger partial charge >= 0.3 is 0 Å². The van der Waals surface area contributed by atoms with Crippen molar-refractivity contribution in [2.75, 3.05) is 11.4 Å². The largest absolute Gasteiger partial charge is 0.335 e. The molecule has 9 heteroatoms. The number of hydrogen-bond donors (Lipinski definition) is 3. The lowest BCUT2D eigenvalue weighted by molar-refractivity contribution is -0.120. The maximum atomic E-state index is 12.0. The lowest BCUT2D eigenvalue weighted by Crippen LogP contribution is -2.24. The highest BCUT2D eigenvalue weighted by atomic mass is 32.1. The van der Waals surface area contributed by atoms with E-state index in [0.29, 0.717) is 17.8 Å². The zero-order valence-electron chi connectivity index (χ0n) is 14.7. The molecule has 1 aromatic heterocycles. The number of nitrogens with one attached hydrogen (secondary N) is 3. The highest BCUT2D eigenvalue weighted by molar-refractivity contribution is 7.71. The number of hydrazone groups is 1. The van der Waals surface area contributed by atoms with Crippen molar-refractivity contribution in [3.8, 4) is 0 Å². The highest BCUT2D eigenvalue weighted by Crippen LogP contribution is 2.21. The summed E-state index contributed by atoms with van der Waals surface area (Å²) in [6, 6.07) is 8.75. The molecule has 8 nitrogen and oxygen atoms in total. The van der Waals surface area contributed by atoms with E-state index >= 15 is 0 Å². The topological polar surface area (TPSA) is 110 Å². The number of aromatic amines is 2. The van der Waals surface area contributed by atoms with E-state index in [1.54, 1.807) is 11.8 Å². The molecule has 2 heterocycles. The van der Waals surface area contributed by atoms with Crippen LogP contribution < -0.4 is 15.9 Å². The Morgan fingerprint density at radius 1 is 1.26 bits per heavy atom. The fraction of sp³-hybridized carbons (Fsp3) is 0.278. The van der Waals surface area contributed by atoms with Crippen molar-refractivity contribution in [1.82, 2.24) is 15.4 Å². The molecular weight excluding hydrogens is 366 g/mol. The molecule has 0 bridgehead atoms. The zero-order valence-corrected chi connectivity index (χ0v) is 15.6. The van der Waals surface area contributed by atoms with Crippen LogP contribution in [0, 0.1) is 4.77 Å². The van der Waals surface area contributed by atoms with Gasteiger partial charge < -0.3 is 9.88 Å². The van der Waals surface area contributed by atoms with Crippen molar-refractivity contribution in [2.45, 2.75) is 26.2 Å². The summed E-state index contributed by atoms with van der Waals surface area (Å²) in [4.78, 5) is 42.1. The van der Waals surface area contributed by atoms with Gasteiger partial charge in [0.25, 0.3) is 5.56 Å². The number of nitrogens with zero attached hydrogens (tertiary/aromatic N) is 2. The summed E-state index contributed by atoms with van der Waals surface area (Å²) in [6.45, 7) is 2.52. The summed E-state index contributed by atoms with van der Waals surface area (Å²) in [7, 11) is 0. The van der Waals surface area contributed by atoms with E-state index in [4.69, 9.17) is 12.2 Å². The predicted molar refractivity (Wildman–Crippen MR) is 104 cm³/mol. The summed E-state index contributed by atoms with van der Waals surface area (Å²) in [5.41, 5.74) is 4.84. The second-order valence-electron chi connectivity index (χ2n) is 6.22. The summed E-state index contributed by atoms with van der Waals surface area (Å²) in [5, 5.41) is 4.09. The number of aromatic nitrogens is 2. The summed E-state index contributed by atoms with van der Waals surface area (Å²) < 4.78 is 0.168. The Morgan fingerprint density at radius 3 is 2.63 bits per heavy atom. The van der Waals surface area contributed by atoms with Crippen LogP contribution >= 0.6 is 12.2 Å². The van der Waals surface area contributed by atoms with Gasteiger partial charge in [0.1, 0.15) is 0 Å². The van der Waals surface area contributed by atoms with Crippen LogP contribution in [0.5, 0.6) is 0 Å². The van der Waals surface area contributed by atoms with Gasteiger partial charge in [-0.2, -0.15) is 5.10 Å². The molecule has 3 rings (SSSR count). The molecule has 0 aliphatic carbocycles. The van der Waals surface area contributed by atoms with Crippen LogP contribution in [0.4, 0.5) is 5.69 Å². The second kappa shape index (κ2) is 8.09. The van der Waals surface area contributed by atoms with Crippen molar-refractivity contribution in [3.63, 3.8) is 0 Å². The van der Waals surface area contributed by atoms with Crippen molar-refractivity contribution in [2.24, 2.45) is 5.10 Å². The molecular formula is C18H19N5O3S. The first-order valence-corrected chi connectivity index (χ1v) is 8.89. The molecule has 0 spiro atoms. The Hall–Kier alpha value is -3.07.